The van der Waals surface area contributed by atoms with Gasteiger partial charge in [-0.2, -0.15) is 0 Å². The van der Waals surface area contributed by atoms with Gasteiger partial charge in [0.15, 0.2) is 0 Å². The van der Waals surface area contributed by atoms with E-state index in [1.807, 2.05) is 24.3 Å². The lowest BCUT2D eigenvalue weighted by Crippen LogP contribution is -2.40. The normalized spacial score (nSPS) is 16.7. The van der Waals surface area contributed by atoms with Gasteiger partial charge in [-0.1, -0.05) is 36.6 Å². The number of carbonyl (C=O) groups is 1. The summed E-state index contributed by atoms with van der Waals surface area (Å²) in [4.78, 5) is 32.8. The Morgan fingerprint density at radius 1 is 1.19 bits per heavy atom. The Hall–Kier alpha value is -2.18. The van der Waals surface area contributed by atoms with E-state index in [0.717, 1.165) is 31.5 Å². The summed E-state index contributed by atoms with van der Waals surface area (Å²) in [5.74, 6) is -0.409. The fraction of sp³-hybridized carbons (Fsp3) is 0.421. The molecular weight excluding hydrogens is 352 g/mol. The Balaban J connectivity index is 1.76. The minimum absolute atomic E-state index is 0.0261. The van der Waals surface area contributed by atoms with E-state index >= 15 is 0 Å². The number of amides is 1. The highest BCUT2D eigenvalue weighted by Crippen LogP contribution is 2.25. The van der Waals surface area contributed by atoms with Gasteiger partial charge in [0.1, 0.15) is 5.56 Å². The molecule has 1 aliphatic heterocycles. The average molecular weight is 375 g/mol. The van der Waals surface area contributed by atoms with E-state index in [9.17, 15) is 9.59 Å². The fourth-order valence-electron chi connectivity index (χ4n) is 3.34. The Morgan fingerprint density at radius 3 is 2.54 bits per heavy atom. The van der Waals surface area contributed by atoms with Crippen molar-refractivity contribution in [3.8, 4) is 0 Å². The number of aromatic nitrogens is 2. The number of H-pyrrole nitrogens is 1. The van der Waals surface area contributed by atoms with Crippen LogP contribution in [0.4, 0.5) is 0 Å². The van der Waals surface area contributed by atoms with E-state index in [1.165, 1.54) is 25.4 Å². The summed E-state index contributed by atoms with van der Waals surface area (Å²) in [6.45, 7) is 2.42. The van der Waals surface area contributed by atoms with Crippen molar-refractivity contribution >= 4 is 17.5 Å². The van der Waals surface area contributed by atoms with Crippen LogP contribution >= 0.6 is 11.6 Å². The molecule has 26 heavy (non-hydrogen) atoms. The highest BCUT2D eigenvalue weighted by molar-refractivity contribution is 6.30. The number of nitrogens with one attached hydrogen (secondary N) is 2. The van der Waals surface area contributed by atoms with E-state index < -0.39 is 11.5 Å². The number of rotatable bonds is 5. The third-order valence-electron chi connectivity index (χ3n) is 4.76. The van der Waals surface area contributed by atoms with E-state index in [1.54, 1.807) is 0 Å². The third kappa shape index (κ3) is 4.71. The Morgan fingerprint density at radius 2 is 1.88 bits per heavy atom. The molecule has 0 bridgehead atoms. The summed E-state index contributed by atoms with van der Waals surface area (Å²) < 4.78 is 0. The van der Waals surface area contributed by atoms with Gasteiger partial charge in [0.05, 0.1) is 12.4 Å². The second-order valence-electron chi connectivity index (χ2n) is 6.52. The zero-order valence-corrected chi connectivity index (χ0v) is 15.3. The van der Waals surface area contributed by atoms with Crippen LogP contribution in [0.2, 0.25) is 5.02 Å². The molecule has 1 aromatic heterocycles. The van der Waals surface area contributed by atoms with E-state index in [2.05, 4.69) is 20.2 Å². The Labute approximate surface area is 157 Å². The van der Waals surface area contributed by atoms with Gasteiger partial charge in [0.2, 0.25) is 0 Å². The van der Waals surface area contributed by atoms with Crippen molar-refractivity contribution in [1.82, 2.24) is 20.2 Å². The van der Waals surface area contributed by atoms with E-state index in [4.69, 9.17) is 11.6 Å². The van der Waals surface area contributed by atoms with Crippen LogP contribution in [0.3, 0.4) is 0 Å². The molecule has 1 fully saturated rings. The molecule has 0 unspecified atom stereocenters. The van der Waals surface area contributed by atoms with Crippen molar-refractivity contribution in [3.63, 3.8) is 0 Å². The summed E-state index contributed by atoms with van der Waals surface area (Å²) in [7, 11) is 0. The molecule has 0 spiro atoms. The van der Waals surface area contributed by atoms with E-state index in [-0.39, 0.29) is 11.6 Å². The van der Waals surface area contributed by atoms with Crippen LogP contribution < -0.4 is 10.9 Å². The Kier molecular flexibility index (Phi) is 6.41. The largest absolute Gasteiger partial charge is 0.350 e. The molecule has 1 aliphatic rings. The van der Waals surface area contributed by atoms with Crippen LogP contribution in [-0.4, -0.2) is 40.4 Å². The number of aromatic amines is 1. The molecule has 2 aromatic rings. The van der Waals surface area contributed by atoms with Crippen LogP contribution in [0.1, 0.15) is 47.6 Å². The standard InChI is InChI=1S/C19H23ClN4O2/c20-15-7-5-14(6-8-15)17(24-9-3-1-2-4-10-24)12-22-18(25)16-11-21-13-23-19(16)26/h5-8,11,13,17H,1-4,9-10,12H2,(H,22,25)(H,21,23,26)/t17-/m0/s1. The lowest BCUT2D eigenvalue weighted by atomic mass is 10.0. The van der Waals surface area contributed by atoms with Gasteiger partial charge in [-0.15, -0.1) is 0 Å². The quantitative estimate of drug-likeness (QED) is 0.843. The molecule has 138 valence electrons. The van der Waals surface area contributed by atoms with Crippen molar-refractivity contribution in [2.75, 3.05) is 19.6 Å². The zero-order valence-electron chi connectivity index (χ0n) is 14.6. The lowest BCUT2D eigenvalue weighted by molar-refractivity contribution is 0.0931. The molecule has 3 rings (SSSR count). The predicted molar refractivity (Wildman–Crippen MR) is 101 cm³/mol. The lowest BCUT2D eigenvalue weighted by Gasteiger charge is -2.31. The first-order chi connectivity index (χ1) is 12.6. The molecule has 1 atom stereocenters. The van der Waals surface area contributed by atoms with Crippen molar-refractivity contribution < 1.29 is 4.79 Å². The van der Waals surface area contributed by atoms with Crippen molar-refractivity contribution in [1.29, 1.82) is 0 Å². The van der Waals surface area contributed by atoms with Crippen LogP contribution in [0.15, 0.2) is 41.6 Å². The van der Waals surface area contributed by atoms with Gasteiger partial charge in [-0.3, -0.25) is 14.5 Å². The minimum Gasteiger partial charge on any atom is -0.350 e. The summed E-state index contributed by atoms with van der Waals surface area (Å²) >= 11 is 6.02. The van der Waals surface area contributed by atoms with Crippen LogP contribution in [0.5, 0.6) is 0 Å². The highest BCUT2D eigenvalue weighted by atomic mass is 35.5. The maximum absolute atomic E-state index is 12.4. The van der Waals surface area contributed by atoms with Crippen LogP contribution in [0, 0.1) is 0 Å². The maximum Gasteiger partial charge on any atom is 0.263 e. The summed E-state index contributed by atoms with van der Waals surface area (Å²) in [6.07, 6.45) is 7.34. The van der Waals surface area contributed by atoms with Crippen molar-refractivity contribution in [3.05, 3.63) is 63.3 Å². The number of likely N-dealkylation sites (tertiary alicyclic amines) is 1. The number of carbonyl (C=O) groups excluding carboxylic acids is 1. The first kappa shape index (κ1) is 18.6. The van der Waals surface area contributed by atoms with Gasteiger partial charge in [0, 0.05) is 17.8 Å². The van der Waals surface area contributed by atoms with Crippen LogP contribution in [0.25, 0.3) is 0 Å². The summed E-state index contributed by atoms with van der Waals surface area (Å²) in [5.41, 5.74) is 0.699. The molecule has 0 saturated carbocycles. The highest BCUT2D eigenvalue weighted by Gasteiger charge is 2.23. The molecule has 7 heteroatoms. The first-order valence-corrected chi connectivity index (χ1v) is 9.33. The number of hydrogen-bond acceptors (Lipinski definition) is 4. The first-order valence-electron chi connectivity index (χ1n) is 8.95. The summed E-state index contributed by atoms with van der Waals surface area (Å²) in [6, 6.07) is 7.79. The van der Waals surface area contributed by atoms with Crippen LogP contribution in [-0.2, 0) is 0 Å². The zero-order chi connectivity index (χ0) is 18.4. The SMILES string of the molecule is O=C(NC[C@@H](c1ccc(Cl)cc1)N1CCCCCC1)c1cnc[nH]c1=O. The second kappa shape index (κ2) is 8.96. The van der Waals surface area contributed by atoms with Gasteiger partial charge in [-0.05, 0) is 43.6 Å². The molecule has 6 nitrogen and oxygen atoms in total. The maximum atomic E-state index is 12.4. The fourth-order valence-corrected chi connectivity index (χ4v) is 3.47. The topological polar surface area (TPSA) is 78.1 Å². The third-order valence-corrected chi connectivity index (χ3v) is 5.01. The monoisotopic (exact) mass is 374 g/mol. The van der Waals surface area contributed by atoms with Crippen molar-refractivity contribution in [2.24, 2.45) is 0 Å². The smallest absolute Gasteiger partial charge is 0.263 e. The number of nitrogens with zero attached hydrogens (tertiary/aromatic N) is 2. The second-order valence-corrected chi connectivity index (χ2v) is 6.96. The molecular formula is C19H23ClN4O2. The van der Waals surface area contributed by atoms with Gasteiger partial charge in [-0.25, -0.2) is 4.98 Å². The predicted octanol–water partition coefficient (Wildman–Crippen LogP) is 2.77. The molecule has 1 amide bonds. The molecule has 0 radical (unpaired) electrons. The average Bonchev–Trinajstić information content (AvgIpc) is 2.93. The number of hydrogen-bond donors (Lipinski definition) is 2. The van der Waals surface area contributed by atoms with Crippen molar-refractivity contribution in [2.45, 2.75) is 31.7 Å². The Bertz CT molecular complexity index is 783. The van der Waals surface area contributed by atoms with Gasteiger partial charge >= 0.3 is 0 Å². The number of halogens is 1. The van der Waals surface area contributed by atoms with E-state index in [0.29, 0.717) is 11.6 Å². The number of benzene rings is 1. The summed E-state index contributed by atoms with van der Waals surface area (Å²) in [5, 5.41) is 3.59. The van der Waals surface area contributed by atoms with Gasteiger partial charge in [0.25, 0.3) is 11.5 Å². The molecule has 2 heterocycles. The molecule has 1 saturated heterocycles. The molecule has 1 aromatic carbocycles. The molecule has 2 N–H and O–H groups in total. The van der Waals surface area contributed by atoms with Gasteiger partial charge < -0.3 is 10.3 Å². The molecule has 0 aliphatic carbocycles. The minimum atomic E-state index is -0.435.